The van der Waals surface area contributed by atoms with Gasteiger partial charge in [-0.25, -0.2) is 4.79 Å². The fraction of sp³-hybridized carbons (Fsp3) is 0.407. The van der Waals surface area contributed by atoms with Gasteiger partial charge in [0.25, 0.3) is 5.91 Å². The number of amides is 1. The molecule has 0 saturated carbocycles. The molecule has 1 unspecified atom stereocenters. The summed E-state index contributed by atoms with van der Waals surface area (Å²) >= 11 is 0. The first-order valence-corrected chi connectivity index (χ1v) is 11.2. The highest BCUT2D eigenvalue weighted by molar-refractivity contribution is 6.24. The number of hydrogen-bond donors (Lipinski definition) is 0. The van der Waals surface area contributed by atoms with Crippen LogP contribution in [-0.4, -0.2) is 42.1 Å². The first kappa shape index (κ1) is 22.3. The van der Waals surface area contributed by atoms with Gasteiger partial charge in [-0.1, -0.05) is 36.4 Å². The minimum atomic E-state index is -0.762. The topological polar surface area (TPSA) is 55.8 Å². The molecule has 2 aromatic carbocycles. The van der Waals surface area contributed by atoms with E-state index in [1.54, 1.807) is 6.07 Å². The molecule has 0 aromatic heterocycles. The predicted octanol–water partition coefficient (Wildman–Crippen LogP) is 4.84. The summed E-state index contributed by atoms with van der Waals surface area (Å²) in [6.45, 7) is 11.7. The Labute approximate surface area is 190 Å². The van der Waals surface area contributed by atoms with E-state index in [2.05, 4.69) is 0 Å². The van der Waals surface area contributed by atoms with E-state index in [4.69, 9.17) is 9.47 Å². The van der Waals surface area contributed by atoms with E-state index in [1.807, 2.05) is 75.9 Å². The Balaban J connectivity index is 1.81. The molecule has 4 rings (SSSR count). The highest BCUT2D eigenvalue weighted by Crippen LogP contribution is 2.43. The number of benzene rings is 2. The van der Waals surface area contributed by atoms with Crippen LogP contribution in [0.1, 0.15) is 52.9 Å². The molecule has 5 nitrogen and oxygen atoms in total. The molecule has 0 spiro atoms. The molecule has 0 aliphatic carbocycles. The maximum Gasteiger partial charge on any atom is 0.343 e. The van der Waals surface area contributed by atoms with E-state index in [0.717, 1.165) is 35.3 Å². The molecule has 0 N–H and O–H groups in total. The van der Waals surface area contributed by atoms with Crippen LogP contribution in [0, 0.1) is 26.7 Å². The molecule has 32 heavy (non-hydrogen) atoms. The molecule has 2 aliphatic rings. The molecule has 1 atom stereocenters. The molecule has 1 saturated heterocycles. The molecule has 1 amide bonds. The first-order chi connectivity index (χ1) is 15.2. The highest BCUT2D eigenvalue weighted by Gasteiger charge is 2.49. The Kier molecular flexibility index (Phi) is 5.95. The second-order valence-corrected chi connectivity index (χ2v) is 9.38. The van der Waals surface area contributed by atoms with Gasteiger partial charge in [-0.05, 0) is 69.4 Å². The number of esters is 1. The normalized spacial score (nSPS) is 20.2. The van der Waals surface area contributed by atoms with E-state index < -0.39 is 11.5 Å². The van der Waals surface area contributed by atoms with Crippen LogP contribution in [0.25, 0.3) is 5.57 Å². The van der Waals surface area contributed by atoms with Gasteiger partial charge in [-0.15, -0.1) is 0 Å². The molecule has 2 heterocycles. The van der Waals surface area contributed by atoms with Crippen molar-refractivity contribution in [2.24, 2.45) is 5.92 Å². The summed E-state index contributed by atoms with van der Waals surface area (Å²) in [5.41, 5.74) is 3.90. The fourth-order valence-electron chi connectivity index (χ4n) is 4.77. The van der Waals surface area contributed by atoms with Crippen molar-refractivity contribution in [2.45, 2.75) is 46.6 Å². The van der Waals surface area contributed by atoms with E-state index in [-0.39, 0.29) is 11.8 Å². The van der Waals surface area contributed by atoms with Gasteiger partial charge in [0.05, 0.1) is 23.3 Å². The van der Waals surface area contributed by atoms with Crippen molar-refractivity contribution in [3.05, 3.63) is 76.0 Å². The van der Waals surface area contributed by atoms with Gasteiger partial charge in [-0.2, -0.15) is 0 Å². The van der Waals surface area contributed by atoms with Gasteiger partial charge >= 0.3 is 5.97 Å². The second-order valence-electron chi connectivity index (χ2n) is 9.38. The van der Waals surface area contributed by atoms with Crippen LogP contribution in [0.15, 0.2) is 48.2 Å². The van der Waals surface area contributed by atoms with E-state index in [9.17, 15) is 9.59 Å². The summed E-state index contributed by atoms with van der Waals surface area (Å²) in [6.07, 6.45) is 0.927. The lowest BCUT2D eigenvalue weighted by atomic mass is 9.92. The van der Waals surface area contributed by atoms with Crippen molar-refractivity contribution >= 4 is 17.4 Å². The predicted molar refractivity (Wildman–Crippen MR) is 124 cm³/mol. The lowest BCUT2D eigenvalue weighted by Gasteiger charge is -2.35. The third-order valence-electron chi connectivity index (χ3n) is 6.67. The zero-order valence-electron chi connectivity index (χ0n) is 19.5. The van der Waals surface area contributed by atoms with Gasteiger partial charge in [0.2, 0.25) is 0 Å². The van der Waals surface area contributed by atoms with Crippen LogP contribution >= 0.6 is 0 Å². The molecule has 1 fully saturated rings. The van der Waals surface area contributed by atoms with Crippen molar-refractivity contribution in [3.8, 4) is 0 Å². The average Bonchev–Trinajstić information content (AvgIpc) is 3.31. The Hall–Kier alpha value is -2.92. The lowest BCUT2D eigenvalue weighted by Crippen LogP contribution is -2.46. The maximum atomic E-state index is 13.8. The number of rotatable bonds is 5. The van der Waals surface area contributed by atoms with Crippen molar-refractivity contribution in [1.82, 2.24) is 4.90 Å². The molecule has 2 aliphatic heterocycles. The van der Waals surface area contributed by atoms with Crippen molar-refractivity contribution in [3.63, 3.8) is 0 Å². The van der Waals surface area contributed by atoms with Gasteiger partial charge in [-0.3, -0.25) is 4.79 Å². The maximum absolute atomic E-state index is 13.8. The summed E-state index contributed by atoms with van der Waals surface area (Å²) in [4.78, 5) is 28.9. The number of carbonyl (C=O) groups is 2. The SMILES string of the molecule is Cc1ccccc1C(=O)OC1=C(c2c(C)cccc2C)C(=O)N(CC2CCOC2)C1(C)C. The lowest BCUT2D eigenvalue weighted by molar-refractivity contribution is -0.128. The van der Waals surface area contributed by atoms with Crippen molar-refractivity contribution in [1.29, 1.82) is 0 Å². The summed E-state index contributed by atoms with van der Waals surface area (Å²) in [5, 5.41) is 0. The second kappa shape index (κ2) is 8.55. The zero-order chi connectivity index (χ0) is 23.0. The quantitative estimate of drug-likeness (QED) is 0.634. The van der Waals surface area contributed by atoms with Crippen molar-refractivity contribution in [2.75, 3.05) is 19.8 Å². The van der Waals surface area contributed by atoms with Crippen LogP contribution in [0.2, 0.25) is 0 Å². The van der Waals surface area contributed by atoms with Gasteiger partial charge in [0.15, 0.2) is 0 Å². The zero-order valence-corrected chi connectivity index (χ0v) is 19.5. The van der Waals surface area contributed by atoms with Crippen LogP contribution in [-0.2, 0) is 14.3 Å². The molecular formula is C27H31NO4. The van der Waals surface area contributed by atoms with Crippen LogP contribution in [0.4, 0.5) is 0 Å². The van der Waals surface area contributed by atoms with E-state index >= 15 is 0 Å². The Bertz CT molecular complexity index is 1070. The Morgan fingerprint density at radius 2 is 1.72 bits per heavy atom. The third kappa shape index (κ3) is 3.86. The van der Waals surface area contributed by atoms with E-state index in [0.29, 0.717) is 30.0 Å². The minimum absolute atomic E-state index is 0.0908. The number of hydrogen-bond acceptors (Lipinski definition) is 4. The minimum Gasteiger partial charge on any atom is -0.424 e. The van der Waals surface area contributed by atoms with E-state index in [1.165, 1.54) is 0 Å². The summed E-state index contributed by atoms with van der Waals surface area (Å²) in [5.74, 6) is 0.177. The van der Waals surface area contributed by atoms with Gasteiger partial charge in [0.1, 0.15) is 5.76 Å². The van der Waals surface area contributed by atoms with Gasteiger partial charge < -0.3 is 14.4 Å². The Morgan fingerprint density at radius 1 is 1.06 bits per heavy atom. The molecule has 2 aromatic rings. The number of aryl methyl sites for hydroxylation is 3. The summed E-state index contributed by atoms with van der Waals surface area (Å²) < 4.78 is 11.6. The van der Waals surface area contributed by atoms with Crippen LogP contribution in [0.3, 0.4) is 0 Å². The highest BCUT2D eigenvalue weighted by atomic mass is 16.5. The number of ether oxygens (including phenoxy) is 2. The molecule has 0 radical (unpaired) electrons. The van der Waals surface area contributed by atoms with Crippen molar-refractivity contribution < 1.29 is 19.1 Å². The molecule has 0 bridgehead atoms. The first-order valence-electron chi connectivity index (χ1n) is 11.2. The standard InChI is InChI=1S/C27H31NO4/c1-17-9-6-7-12-21(17)26(30)32-24-23(22-18(2)10-8-11-19(22)3)25(29)28(27(24,4)5)15-20-13-14-31-16-20/h6-12,20H,13-16H2,1-5H3. The number of carbonyl (C=O) groups excluding carboxylic acids is 2. The van der Waals surface area contributed by atoms with Gasteiger partial charge in [0, 0.05) is 19.1 Å². The Morgan fingerprint density at radius 3 is 2.34 bits per heavy atom. The largest absolute Gasteiger partial charge is 0.424 e. The molecule has 5 heteroatoms. The summed E-state index contributed by atoms with van der Waals surface area (Å²) in [6, 6.07) is 13.3. The molecular weight excluding hydrogens is 402 g/mol. The smallest absolute Gasteiger partial charge is 0.343 e. The monoisotopic (exact) mass is 433 g/mol. The molecule has 168 valence electrons. The summed E-state index contributed by atoms with van der Waals surface area (Å²) in [7, 11) is 0. The fourth-order valence-corrected chi connectivity index (χ4v) is 4.77. The van der Waals surface area contributed by atoms with Crippen LogP contribution < -0.4 is 0 Å². The van der Waals surface area contributed by atoms with Crippen LogP contribution in [0.5, 0.6) is 0 Å². The third-order valence-corrected chi connectivity index (χ3v) is 6.67. The average molecular weight is 434 g/mol. The number of nitrogens with zero attached hydrogens (tertiary/aromatic N) is 1.